The van der Waals surface area contributed by atoms with Crippen molar-refractivity contribution in [1.82, 2.24) is 15.0 Å². The van der Waals surface area contributed by atoms with Gasteiger partial charge in [0.1, 0.15) is 12.1 Å². The Bertz CT molecular complexity index is 1440. The first-order valence-corrected chi connectivity index (χ1v) is 11.5. The average molecular weight is 485 g/mol. The Kier molecular flexibility index (Phi) is 6.18. The molecule has 0 saturated heterocycles. The molecule has 5 aromatic rings. The maximum atomic E-state index is 12.2. The smallest absolute Gasteiger partial charge is 0.353 e. The molecule has 5 rings (SSSR count). The summed E-state index contributed by atoms with van der Waals surface area (Å²) in [6.45, 7) is 0. The van der Waals surface area contributed by atoms with Gasteiger partial charge in [0.25, 0.3) is 0 Å². The van der Waals surface area contributed by atoms with E-state index in [-0.39, 0.29) is 23.4 Å². The SMILES string of the molecule is COc1ccc2nc(Nc3ncnc(NC(c4ccccc4)c4ccccc4)c3[N+](=O)[O-])sc2c1. The Morgan fingerprint density at radius 1 is 0.943 bits per heavy atom. The summed E-state index contributed by atoms with van der Waals surface area (Å²) in [5, 5.41) is 18.9. The van der Waals surface area contributed by atoms with Gasteiger partial charge in [0.15, 0.2) is 5.13 Å². The fraction of sp³-hybridized carbons (Fsp3) is 0.0800. The van der Waals surface area contributed by atoms with Crippen LogP contribution in [0.3, 0.4) is 0 Å². The van der Waals surface area contributed by atoms with Crippen molar-refractivity contribution in [2.24, 2.45) is 0 Å². The summed E-state index contributed by atoms with van der Waals surface area (Å²) in [6, 6.07) is 24.6. The molecule has 0 spiro atoms. The van der Waals surface area contributed by atoms with Crippen LogP contribution in [0.4, 0.5) is 22.5 Å². The fourth-order valence-corrected chi connectivity index (χ4v) is 4.62. The van der Waals surface area contributed by atoms with Crippen molar-refractivity contribution in [3.05, 3.63) is 106 Å². The normalized spacial score (nSPS) is 10.9. The zero-order valence-electron chi connectivity index (χ0n) is 18.6. The number of nitrogens with zero attached hydrogens (tertiary/aromatic N) is 4. The number of anilines is 3. The molecule has 10 heteroatoms. The highest BCUT2D eigenvalue weighted by Gasteiger charge is 2.27. The second kappa shape index (κ2) is 9.74. The summed E-state index contributed by atoms with van der Waals surface area (Å²) in [4.78, 5) is 24.6. The molecule has 0 aliphatic rings. The highest BCUT2D eigenvalue weighted by molar-refractivity contribution is 7.22. The first kappa shape index (κ1) is 22.2. The van der Waals surface area contributed by atoms with Gasteiger partial charge in [0.05, 0.1) is 28.3 Å². The maximum absolute atomic E-state index is 12.2. The summed E-state index contributed by atoms with van der Waals surface area (Å²) in [5.41, 5.74) is 2.38. The molecule has 9 nitrogen and oxygen atoms in total. The van der Waals surface area contributed by atoms with E-state index in [1.54, 1.807) is 7.11 Å². The van der Waals surface area contributed by atoms with E-state index < -0.39 is 4.92 Å². The van der Waals surface area contributed by atoms with E-state index in [2.05, 4.69) is 25.6 Å². The lowest BCUT2D eigenvalue weighted by Crippen LogP contribution is -2.15. The van der Waals surface area contributed by atoms with E-state index >= 15 is 0 Å². The number of nitrogens with one attached hydrogen (secondary N) is 2. The van der Waals surface area contributed by atoms with Crippen LogP contribution in [0.2, 0.25) is 0 Å². The largest absolute Gasteiger partial charge is 0.497 e. The van der Waals surface area contributed by atoms with Gasteiger partial charge in [0, 0.05) is 0 Å². The van der Waals surface area contributed by atoms with Gasteiger partial charge in [-0.2, -0.15) is 0 Å². The van der Waals surface area contributed by atoms with Crippen molar-refractivity contribution >= 4 is 44.0 Å². The average Bonchev–Trinajstić information content (AvgIpc) is 3.29. The minimum atomic E-state index is -0.492. The lowest BCUT2D eigenvalue weighted by molar-refractivity contribution is -0.383. The van der Waals surface area contributed by atoms with E-state index in [0.717, 1.165) is 21.3 Å². The molecule has 2 heterocycles. The molecule has 0 atom stereocenters. The summed E-state index contributed by atoms with van der Waals surface area (Å²) in [5.74, 6) is 0.867. The van der Waals surface area contributed by atoms with E-state index in [1.165, 1.54) is 17.7 Å². The van der Waals surface area contributed by atoms with Gasteiger partial charge in [-0.25, -0.2) is 15.0 Å². The first-order valence-electron chi connectivity index (χ1n) is 10.7. The molecular weight excluding hydrogens is 464 g/mol. The van der Waals surface area contributed by atoms with E-state index in [4.69, 9.17) is 4.74 Å². The predicted octanol–water partition coefficient (Wildman–Crippen LogP) is 5.95. The van der Waals surface area contributed by atoms with Gasteiger partial charge >= 0.3 is 5.69 Å². The highest BCUT2D eigenvalue weighted by atomic mass is 32.1. The molecule has 0 amide bonds. The number of aromatic nitrogens is 3. The number of benzene rings is 3. The molecule has 0 aliphatic heterocycles. The number of rotatable bonds is 8. The Hall–Kier alpha value is -4.57. The van der Waals surface area contributed by atoms with Crippen molar-refractivity contribution in [3.63, 3.8) is 0 Å². The molecule has 2 N–H and O–H groups in total. The van der Waals surface area contributed by atoms with E-state index in [1.807, 2.05) is 78.9 Å². The topological polar surface area (TPSA) is 115 Å². The van der Waals surface area contributed by atoms with Crippen molar-refractivity contribution in [2.45, 2.75) is 6.04 Å². The molecule has 0 unspecified atom stereocenters. The monoisotopic (exact) mass is 484 g/mol. The van der Waals surface area contributed by atoms with Crippen LogP contribution in [0.25, 0.3) is 10.2 Å². The van der Waals surface area contributed by atoms with Crippen LogP contribution in [0.5, 0.6) is 5.75 Å². The van der Waals surface area contributed by atoms with Crippen LogP contribution >= 0.6 is 11.3 Å². The van der Waals surface area contributed by atoms with Gasteiger partial charge in [-0.1, -0.05) is 72.0 Å². The minimum absolute atomic E-state index is 0.0541. The standard InChI is InChI=1S/C25H20N6O3S/c1-34-18-12-13-19-20(14-18)35-25(28-19)30-24-22(31(32)33)23(26-15-27-24)29-21(16-8-4-2-5-9-16)17-10-6-3-7-11-17/h2-15,21H,1H3,(H2,26,27,28,29,30). The van der Waals surface area contributed by atoms with Crippen LogP contribution in [-0.2, 0) is 0 Å². The lowest BCUT2D eigenvalue weighted by Gasteiger charge is -2.20. The van der Waals surface area contributed by atoms with Gasteiger partial charge < -0.3 is 15.4 Å². The summed E-state index contributed by atoms with van der Waals surface area (Å²) < 4.78 is 6.15. The number of hydrogen-bond donors (Lipinski definition) is 2. The zero-order valence-corrected chi connectivity index (χ0v) is 19.4. The molecule has 0 saturated carbocycles. The van der Waals surface area contributed by atoms with Crippen LogP contribution in [0, 0.1) is 10.1 Å². The third-order valence-electron chi connectivity index (χ3n) is 5.37. The summed E-state index contributed by atoms with van der Waals surface area (Å²) in [6.07, 6.45) is 1.29. The Balaban J connectivity index is 1.52. The Morgan fingerprint density at radius 3 is 2.23 bits per heavy atom. The number of methoxy groups -OCH3 is 1. The maximum Gasteiger partial charge on any atom is 0.353 e. The minimum Gasteiger partial charge on any atom is -0.497 e. The van der Waals surface area contributed by atoms with Crippen molar-refractivity contribution in [1.29, 1.82) is 0 Å². The molecule has 174 valence electrons. The van der Waals surface area contributed by atoms with E-state index in [9.17, 15) is 10.1 Å². The number of fused-ring (bicyclic) bond motifs is 1. The highest BCUT2D eigenvalue weighted by Crippen LogP contribution is 2.37. The Labute approximate surface area is 204 Å². The third kappa shape index (κ3) is 4.73. The lowest BCUT2D eigenvalue weighted by atomic mass is 9.99. The van der Waals surface area contributed by atoms with Crippen LogP contribution in [0.1, 0.15) is 17.2 Å². The first-order chi connectivity index (χ1) is 17.1. The molecule has 2 aromatic heterocycles. The van der Waals surface area contributed by atoms with Crippen molar-refractivity contribution in [3.8, 4) is 5.75 Å². The van der Waals surface area contributed by atoms with Gasteiger partial charge in [-0.15, -0.1) is 0 Å². The zero-order chi connectivity index (χ0) is 24.2. The van der Waals surface area contributed by atoms with Crippen LogP contribution in [-0.4, -0.2) is 27.0 Å². The summed E-state index contributed by atoms with van der Waals surface area (Å²) in [7, 11) is 1.60. The third-order valence-corrected chi connectivity index (χ3v) is 6.31. The summed E-state index contributed by atoms with van der Waals surface area (Å²) >= 11 is 1.35. The number of nitro groups is 1. The number of ether oxygens (including phenoxy) is 1. The second-order valence-electron chi connectivity index (χ2n) is 7.55. The molecule has 35 heavy (non-hydrogen) atoms. The molecule has 0 bridgehead atoms. The molecule has 3 aromatic carbocycles. The molecule has 0 aliphatic carbocycles. The molecular formula is C25H20N6O3S. The van der Waals surface area contributed by atoms with Gasteiger partial charge in [-0.05, 0) is 29.3 Å². The fourth-order valence-electron chi connectivity index (χ4n) is 3.72. The van der Waals surface area contributed by atoms with Crippen molar-refractivity contribution < 1.29 is 9.66 Å². The van der Waals surface area contributed by atoms with E-state index in [0.29, 0.717) is 10.9 Å². The number of thiazole rings is 1. The molecule has 0 radical (unpaired) electrons. The Morgan fingerprint density at radius 2 is 1.60 bits per heavy atom. The number of hydrogen-bond acceptors (Lipinski definition) is 9. The second-order valence-corrected chi connectivity index (χ2v) is 8.58. The van der Waals surface area contributed by atoms with Crippen LogP contribution in [0.15, 0.2) is 85.2 Å². The van der Waals surface area contributed by atoms with Gasteiger partial charge in [-0.3, -0.25) is 10.1 Å². The molecule has 0 fully saturated rings. The van der Waals surface area contributed by atoms with Gasteiger partial charge in [0.2, 0.25) is 11.6 Å². The quantitative estimate of drug-likeness (QED) is 0.205. The predicted molar refractivity (Wildman–Crippen MR) is 136 cm³/mol. The van der Waals surface area contributed by atoms with Crippen molar-refractivity contribution in [2.75, 3.05) is 17.7 Å². The van der Waals surface area contributed by atoms with Crippen LogP contribution < -0.4 is 15.4 Å².